The van der Waals surface area contributed by atoms with Gasteiger partial charge in [-0.2, -0.15) is 0 Å². The van der Waals surface area contributed by atoms with E-state index in [9.17, 15) is 0 Å². The Kier molecular flexibility index (Phi) is 5.13. The van der Waals surface area contributed by atoms with Crippen LogP contribution in [0.1, 0.15) is 16.5 Å². The number of benzene rings is 1. The van der Waals surface area contributed by atoms with E-state index in [0.717, 1.165) is 24.0 Å². The number of hydrogen-bond acceptors (Lipinski definition) is 1. The topological polar surface area (TPSA) is 0 Å². The fourth-order valence-corrected chi connectivity index (χ4v) is 5.51. The zero-order valence-electron chi connectivity index (χ0n) is 8.59. The first-order chi connectivity index (χ1) is 8.06. The standard InChI is InChI=1S/C12H8Br3ClS/c13-8-3-1-2-7(4-8)5-10(16)9-6-11(14)17-12(9)15/h1-4,6,10H,5H2. The monoisotopic (exact) mass is 456 g/mol. The van der Waals surface area contributed by atoms with E-state index >= 15 is 0 Å². The lowest BCUT2D eigenvalue weighted by Crippen LogP contribution is -1.94. The predicted octanol–water partition coefficient (Wildman–Crippen LogP) is 6.56. The number of halogens is 4. The van der Waals surface area contributed by atoms with Gasteiger partial charge in [-0.25, -0.2) is 0 Å². The van der Waals surface area contributed by atoms with Crippen molar-refractivity contribution < 1.29 is 0 Å². The summed E-state index contributed by atoms with van der Waals surface area (Å²) >= 11 is 18.6. The maximum atomic E-state index is 6.45. The van der Waals surface area contributed by atoms with Crippen molar-refractivity contribution >= 4 is 70.7 Å². The van der Waals surface area contributed by atoms with Gasteiger partial charge in [-0.15, -0.1) is 22.9 Å². The smallest absolute Gasteiger partial charge is 0.0757 e. The van der Waals surface area contributed by atoms with Crippen LogP contribution in [0.25, 0.3) is 0 Å². The maximum Gasteiger partial charge on any atom is 0.0757 e. The molecule has 1 aromatic carbocycles. The molecule has 0 nitrogen and oxygen atoms in total. The summed E-state index contributed by atoms with van der Waals surface area (Å²) in [6, 6.07) is 10.3. The van der Waals surface area contributed by atoms with Crippen LogP contribution in [-0.2, 0) is 6.42 Å². The third kappa shape index (κ3) is 3.80. The molecule has 0 amide bonds. The molecule has 0 saturated carbocycles. The van der Waals surface area contributed by atoms with Gasteiger partial charge in [-0.1, -0.05) is 28.1 Å². The minimum absolute atomic E-state index is 0.0128. The molecule has 17 heavy (non-hydrogen) atoms. The number of hydrogen-bond donors (Lipinski definition) is 0. The van der Waals surface area contributed by atoms with Crippen LogP contribution in [0.4, 0.5) is 0 Å². The fourth-order valence-electron chi connectivity index (χ4n) is 1.55. The molecule has 1 atom stereocenters. The Balaban J connectivity index is 2.16. The molecule has 0 fully saturated rings. The van der Waals surface area contributed by atoms with Crippen molar-refractivity contribution in [3.63, 3.8) is 0 Å². The first kappa shape index (κ1) is 14.1. The lowest BCUT2D eigenvalue weighted by atomic mass is 10.1. The van der Waals surface area contributed by atoms with Crippen LogP contribution in [-0.4, -0.2) is 0 Å². The lowest BCUT2D eigenvalue weighted by molar-refractivity contribution is 0.920. The van der Waals surface area contributed by atoms with Gasteiger partial charge in [-0.3, -0.25) is 0 Å². The van der Waals surface area contributed by atoms with Crippen molar-refractivity contribution in [1.82, 2.24) is 0 Å². The quantitative estimate of drug-likeness (QED) is 0.456. The molecule has 0 spiro atoms. The second kappa shape index (κ2) is 6.20. The minimum atomic E-state index is -0.0128. The van der Waals surface area contributed by atoms with Crippen LogP contribution in [0.15, 0.2) is 42.4 Å². The van der Waals surface area contributed by atoms with E-state index in [1.54, 1.807) is 11.3 Å². The van der Waals surface area contributed by atoms with Crippen molar-refractivity contribution in [1.29, 1.82) is 0 Å². The van der Waals surface area contributed by atoms with Crippen molar-refractivity contribution in [3.8, 4) is 0 Å². The van der Waals surface area contributed by atoms with E-state index in [0.29, 0.717) is 0 Å². The van der Waals surface area contributed by atoms with Gasteiger partial charge in [0.1, 0.15) is 0 Å². The first-order valence-electron chi connectivity index (χ1n) is 4.89. The van der Waals surface area contributed by atoms with Crippen LogP contribution in [0.3, 0.4) is 0 Å². The van der Waals surface area contributed by atoms with E-state index in [4.69, 9.17) is 11.6 Å². The third-order valence-corrected chi connectivity index (χ3v) is 5.59. The van der Waals surface area contributed by atoms with Crippen LogP contribution in [0.5, 0.6) is 0 Å². The molecule has 90 valence electrons. The van der Waals surface area contributed by atoms with Crippen molar-refractivity contribution in [2.75, 3.05) is 0 Å². The van der Waals surface area contributed by atoms with Crippen molar-refractivity contribution in [2.24, 2.45) is 0 Å². The molecule has 1 unspecified atom stereocenters. The number of alkyl halides is 1. The van der Waals surface area contributed by atoms with Crippen LogP contribution in [0.2, 0.25) is 0 Å². The lowest BCUT2D eigenvalue weighted by Gasteiger charge is -2.09. The van der Waals surface area contributed by atoms with Gasteiger partial charge in [-0.05, 0) is 67.6 Å². The zero-order valence-corrected chi connectivity index (χ0v) is 14.9. The highest BCUT2D eigenvalue weighted by molar-refractivity contribution is 9.12. The van der Waals surface area contributed by atoms with Crippen LogP contribution < -0.4 is 0 Å². The highest BCUT2D eigenvalue weighted by Crippen LogP contribution is 2.39. The van der Waals surface area contributed by atoms with Crippen LogP contribution in [0, 0.1) is 0 Å². The molecule has 1 aromatic heterocycles. The Morgan fingerprint density at radius 1 is 1.18 bits per heavy atom. The number of rotatable bonds is 3. The van der Waals surface area contributed by atoms with E-state index in [-0.39, 0.29) is 5.38 Å². The molecule has 2 rings (SSSR count). The minimum Gasteiger partial charge on any atom is -0.121 e. The molecule has 0 bridgehead atoms. The van der Waals surface area contributed by atoms with Gasteiger partial charge in [0.15, 0.2) is 0 Å². The summed E-state index contributed by atoms with van der Waals surface area (Å²) in [4.78, 5) is 0. The molecule has 0 saturated heterocycles. The molecule has 0 aliphatic rings. The Morgan fingerprint density at radius 2 is 1.94 bits per heavy atom. The van der Waals surface area contributed by atoms with Gasteiger partial charge >= 0.3 is 0 Å². The largest absolute Gasteiger partial charge is 0.121 e. The van der Waals surface area contributed by atoms with Gasteiger partial charge in [0.2, 0.25) is 0 Å². The SMILES string of the molecule is ClC(Cc1cccc(Br)c1)c1cc(Br)sc1Br. The molecular weight excluding hydrogens is 451 g/mol. The van der Waals surface area contributed by atoms with E-state index < -0.39 is 0 Å². The summed E-state index contributed by atoms with van der Waals surface area (Å²) in [5.41, 5.74) is 2.37. The first-order valence-corrected chi connectivity index (χ1v) is 8.52. The molecule has 2 aromatic rings. The second-order valence-electron chi connectivity index (χ2n) is 3.58. The van der Waals surface area contributed by atoms with Crippen LogP contribution >= 0.6 is 70.7 Å². The summed E-state index contributed by atoms with van der Waals surface area (Å²) in [7, 11) is 0. The maximum absolute atomic E-state index is 6.45. The summed E-state index contributed by atoms with van der Waals surface area (Å²) in [6.45, 7) is 0. The molecule has 0 aliphatic heterocycles. The highest BCUT2D eigenvalue weighted by Gasteiger charge is 2.15. The van der Waals surface area contributed by atoms with Gasteiger partial charge < -0.3 is 0 Å². The molecule has 0 N–H and O–H groups in total. The second-order valence-corrected chi connectivity index (χ2v) is 8.77. The zero-order chi connectivity index (χ0) is 12.4. The third-order valence-electron chi connectivity index (χ3n) is 2.32. The highest BCUT2D eigenvalue weighted by atomic mass is 79.9. The Morgan fingerprint density at radius 3 is 2.53 bits per heavy atom. The van der Waals surface area contributed by atoms with Crippen molar-refractivity contribution in [3.05, 3.63) is 53.5 Å². The molecule has 0 aliphatic carbocycles. The average molecular weight is 459 g/mol. The Bertz CT molecular complexity index is 524. The summed E-state index contributed by atoms with van der Waals surface area (Å²) in [5, 5.41) is -0.0128. The van der Waals surface area contributed by atoms with E-state index in [1.165, 1.54) is 5.56 Å². The number of thiophene rings is 1. The fraction of sp³-hybridized carbons (Fsp3) is 0.167. The van der Waals surface area contributed by atoms with Crippen molar-refractivity contribution in [2.45, 2.75) is 11.8 Å². The normalized spacial score (nSPS) is 12.7. The summed E-state index contributed by atoms with van der Waals surface area (Å²) < 4.78 is 3.28. The van der Waals surface area contributed by atoms with E-state index in [2.05, 4.69) is 66.0 Å². The Labute approximate surface area is 135 Å². The average Bonchev–Trinajstić information content (AvgIpc) is 2.58. The van der Waals surface area contributed by atoms with Gasteiger partial charge in [0.05, 0.1) is 12.9 Å². The predicted molar refractivity (Wildman–Crippen MR) is 86.2 cm³/mol. The van der Waals surface area contributed by atoms with Gasteiger partial charge in [0.25, 0.3) is 0 Å². The molecule has 0 radical (unpaired) electrons. The molecule has 1 heterocycles. The molecular formula is C12H8Br3ClS. The van der Waals surface area contributed by atoms with Gasteiger partial charge in [0, 0.05) is 4.47 Å². The Hall–Kier alpha value is 0.650. The summed E-state index contributed by atoms with van der Waals surface area (Å²) in [6.07, 6.45) is 0.822. The summed E-state index contributed by atoms with van der Waals surface area (Å²) in [5.74, 6) is 0. The van der Waals surface area contributed by atoms with E-state index in [1.807, 2.05) is 12.1 Å². The molecule has 5 heteroatoms.